The van der Waals surface area contributed by atoms with Gasteiger partial charge in [-0.3, -0.25) is 9.78 Å². The lowest BCUT2D eigenvalue weighted by molar-refractivity contribution is 0.102. The number of nitrogens with zero attached hydrogens (tertiary/aromatic N) is 4. The van der Waals surface area contributed by atoms with Crippen LogP contribution in [0.3, 0.4) is 0 Å². The normalized spacial score (nSPS) is 14.5. The van der Waals surface area contributed by atoms with Gasteiger partial charge in [0.1, 0.15) is 0 Å². The van der Waals surface area contributed by atoms with Gasteiger partial charge in [0, 0.05) is 19.3 Å². The fraction of sp³-hybridized carbons (Fsp3) is 0.333. The first-order chi connectivity index (χ1) is 11.6. The fourth-order valence-corrected chi connectivity index (χ4v) is 2.80. The Kier molecular flexibility index (Phi) is 4.66. The van der Waals surface area contributed by atoms with Crippen LogP contribution in [0.15, 0.2) is 18.5 Å². The number of nitrogen functional groups attached to an aromatic ring is 2. The van der Waals surface area contributed by atoms with Gasteiger partial charge in [-0.2, -0.15) is 0 Å². The second-order valence-electron chi connectivity index (χ2n) is 5.53. The van der Waals surface area contributed by atoms with E-state index in [0.29, 0.717) is 5.69 Å². The Morgan fingerprint density at radius 2 is 1.92 bits per heavy atom. The summed E-state index contributed by atoms with van der Waals surface area (Å²) in [6.07, 6.45) is 6.82. The highest BCUT2D eigenvalue weighted by Gasteiger charge is 2.20. The van der Waals surface area contributed by atoms with E-state index in [9.17, 15) is 4.79 Å². The summed E-state index contributed by atoms with van der Waals surface area (Å²) in [6.45, 7) is 1.87. The summed E-state index contributed by atoms with van der Waals surface area (Å²) in [6, 6.07) is 1.74. The van der Waals surface area contributed by atoms with Gasteiger partial charge in [-0.05, 0) is 25.3 Å². The van der Waals surface area contributed by atoms with Crippen molar-refractivity contribution >= 4 is 40.5 Å². The number of piperidine rings is 1. The van der Waals surface area contributed by atoms with Crippen LogP contribution >= 0.6 is 11.6 Å². The molecule has 2 aromatic heterocycles. The number of nitrogens with two attached hydrogens (primary N) is 2. The summed E-state index contributed by atoms with van der Waals surface area (Å²) in [7, 11) is 0. The molecule has 0 saturated carbocycles. The summed E-state index contributed by atoms with van der Waals surface area (Å²) in [5.41, 5.74) is 12.7. The average molecular weight is 348 g/mol. The Morgan fingerprint density at radius 1 is 1.17 bits per heavy atom. The second kappa shape index (κ2) is 6.88. The molecule has 0 unspecified atom stereocenters. The number of rotatable bonds is 3. The highest BCUT2D eigenvalue weighted by molar-refractivity contribution is 6.31. The van der Waals surface area contributed by atoms with Gasteiger partial charge < -0.3 is 21.7 Å². The minimum absolute atomic E-state index is 0.0105. The third-order valence-electron chi connectivity index (χ3n) is 3.86. The Labute approximate surface area is 144 Å². The molecule has 9 heteroatoms. The van der Waals surface area contributed by atoms with Gasteiger partial charge in [0.05, 0.1) is 17.6 Å². The maximum atomic E-state index is 12.5. The van der Waals surface area contributed by atoms with Crippen LogP contribution in [0.1, 0.15) is 29.8 Å². The first-order valence-electron chi connectivity index (χ1n) is 7.65. The summed E-state index contributed by atoms with van der Waals surface area (Å²) in [5.74, 6) is -0.571. The quantitative estimate of drug-likeness (QED) is 0.775. The molecular formula is C15H18ClN7O. The predicted molar refractivity (Wildman–Crippen MR) is 94.1 cm³/mol. The number of carbonyl (C=O) groups excluding carboxylic acids is 1. The molecule has 3 rings (SSSR count). The molecule has 1 amide bonds. The Hall–Kier alpha value is -2.61. The largest absolute Gasteiger partial charge is 0.382 e. The minimum atomic E-state index is -0.494. The maximum Gasteiger partial charge on any atom is 0.278 e. The summed E-state index contributed by atoms with van der Waals surface area (Å²) in [4.78, 5) is 26.6. The van der Waals surface area contributed by atoms with Crippen LogP contribution in [-0.2, 0) is 0 Å². The third kappa shape index (κ3) is 3.33. The van der Waals surface area contributed by atoms with Gasteiger partial charge in [-0.15, -0.1) is 0 Å². The van der Waals surface area contributed by atoms with Crippen LogP contribution in [0.2, 0.25) is 5.15 Å². The molecule has 0 spiro atoms. The molecule has 0 aliphatic carbocycles. The molecule has 126 valence electrons. The Balaban J connectivity index is 1.86. The van der Waals surface area contributed by atoms with Crippen LogP contribution < -0.4 is 21.7 Å². The van der Waals surface area contributed by atoms with Crippen molar-refractivity contribution < 1.29 is 4.79 Å². The Morgan fingerprint density at radius 3 is 2.67 bits per heavy atom. The van der Waals surface area contributed by atoms with Crippen LogP contribution in [-0.4, -0.2) is 33.9 Å². The molecule has 24 heavy (non-hydrogen) atoms. The van der Waals surface area contributed by atoms with Crippen molar-refractivity contribution in [3.05, 3.63) is 29.3 Å². The zero-order chi connectivity index (χ0) is 17.1. The standard InChI is InChI=1S/C15H18ClN7O/c16-12-14(18)22-13(17)11(21-12)15(24)20-9-4-5-19-8-10(9)23-6-2-1-3-7-23/h4-5,8H,1-3,6-7H2,(H4,17,18,22)(H,19,20,24). The number of anilines is 4. The lowest BCUT2D eigenvalue weighted by Gasteiger charge is -2.30. The van der Waals surface area contributed by atoms with Crippen molar-refractivity contribution in [1.29, 1.82) is 0 Å². The van der Waals surface area contributed by atoms with E-state index in [0.717, 1.165) is 31.6 Å². The van der Waals surface area contributed by atoms with Gasteiger partial charge in [0.15, 0.2) is 22.5 Å². The second-order valence-corrected chi connectivity index (χ2v) is 5.89. The molecule has 5 N–H and O–H groups in total. The summed E-state index contributed by atoms with van der Waals surface area (Å²) < 4.78 is 0. The van der Waals surface area contributed by atoms with E-state index in [-0.39, 0.29) is 22.5 Å². The maximum absolute atomic E-state index is 12.5. The molecule has 1 fully saturated rings. The van der Waals surface area contributed by atoms with Crippen molar-refractivity contribution in [3.63, 3.8) is 0 Å². The van der Waals surface area contributed by atoms with Gasteiger partial charge in [-0.25, -0.2) is 9.97 Å². The average Bonchev–Trinajstić information content (AvgIpc) is 2.59. The van der Waals surface area contributed by atoms with E-state index >= 15 is 0 Å². The molecule has 1 aliphatic heterocycles. The SMILES string of the molecule is Nc1nc(N)c(C(=O)Nc2ccncc2N2CCCCC2)nc1Cl. The summed E-state index contributed by atoms with van der Waals surface area (Å²) in [5, 5.41) is 2.75. The number of halogens is 1. The third-order valence-corrected chi connectivity index (χ3v) is 4.14. The highest BCUT2D eigenvalue weighted by Crippen LogP contribution is 2.28. The number of hydrogen-bond donors (Lipinski definition) is 3. The lowest BCUT2D eigenvalue weighted by atomic mass is 10.1. The lowest BCUT2D eigenvalue weighted by Crippen LogP contribution is -2.30. The molecule has 3 heterocycles. The van der Waals surface area contributed by atoms with Crippen LogP contribution in [0, 0.1) is 0 Å². The van der Waals surface area contributed by atoms with Gasteiger partial charge in [-0.1, -0.05) is 11.6 Å². The number of aromatic nitrogens is 3. The zero-order valence-corrected chi connectivity index (χ0v) is 13.8. The predicted octanol–water partition coefficient (Wildman–Crippen LogP) is 1.93. The zero-order valence-electron chi connectivity index (χ0n) is 13.0. The van der Waals surface area contributed by atoms with E-state index in [1.165, 1.54) is 6.42 Å². The van der Waals surface area contributed by atoms with Crippen molar-refractivity contribution in [2.75, 3.05) is 34.8 Å². The van der Waals surface area contributed by atoms with E-state index in [1.54, 1.807) is 18.5 Å². The number of hydrogen-bond acceptors (Lipinski definition) is 7. The smallest absolute Gasteiger partial charge is 0.278 e. The first kappa shape index (κ1) is 16.3. The molecule has 2 aromatic rings. The molecule has 1 saturated heterocycles. The van der Waals surface area contributed by atoms with Crippen LogP contribution in [0.4, 0.5) is 23.0 Å². The highest BCUT2D eigenvalue weighted by atomic mass is 35.5. The van der Waals surface area contributed by atoms with E-state index in [4.69, 9.17) is 23.1 Å². The molecule has 0 bridgehead atoms. The molecule has 0 radical (unpaired) electrons. The van der Waals surface area contributed by atoms with Crippen molar-refractivity contribution in [2.24, 2.45) is 0 Å². The number of pyridine rings is 1. The number of carbonyl (C=O) groups is 1. The van der Waals surface area contributed by atoms with E-state index in [1.807, 2.05) is 0 Å². The Bertz CT molecular complexity index is 761. The van der Waals surface area contributed by atoms with Gasteiger partial charge in [0.25, 0.3) is 5.91 Å². The molecule has 0 atom stereocenters. The number of amides is 1. The molecule has 1 aliphatic rings. The molecular weight excluding hydrogens is 330 g/mol. The van der Waals surface area contributed by atoms with Gasteiger partial charge in [0.2, 0.25) is 0 Å². The monoisotopic (exact) mass is 347 g/mol. The van der Waals surface area contributed by atoms with Crippen molar-refractivity contribution in [2.45, 2.75) is 19.3 Å². The van der Waals surface area contributed by atoms with Gasteiger partial charge >= 0.3 is 0 Å². The summed E-state index contributed by atoms with van der Waals surface area (Å²) >= 11 is 5.83. The van der Waals surface area contributed by atoms with Crippen LogP contribution in [0.5, 0.6) is 0 Å². The fourth-order valence-electron chi connectivity index (χ4n) is 2.67. The molecule has 8 nitrogen and oxygen atoms in total. The minimum Gasteiger partial charge on any atom is -0.382 e. The number of nitrogens with one attached hydrogen (secondary N) is 1. The van der Waals surface area contributed by atoms with Crippen molar-refractivity contribution in [1.82, 2.24) is 15.0 Å². The van der Waals surface area contributed by atoms with Crippen LogP contribution in [0.25, 0.3) is 0 Å². The van der Waals surface area contributed by atoms with E-state index < -0.39 is 5.91 Å². The molecule has 0 aromatic carbocycles. The first-order valence-corrected chi connectivity index (χ1v) is 8.03. The topological polar surface area (TPSA) is 123 Å². The van der Waals surface area contributed by atoms with E-state index in [2.05, 4.69) is 25.2 Å². The van der Waals surface area contributed by atoms with Crippen molar-refractivity contribution in [3.8, 4) is 0 Å².